The number of nitrogens with zero attached hydrogens (tertiary/aromatic N) is 1. The number of carbonyl (C=O) groups is 2. The van der Waals surface area contributed by atoms with Gasteiger partial charge in [-0.05, 0) is 73.2 Å². The van der Waals surface area contributed by atoms with E-state index in [4.69, 9.17) is 4.42 Å². The third-order valence-corrected chi connectivity index (χ3v) is 9.71. The molecule has 0 spiro atoms. The summed E-state index contributed by atoms with van der Waals surface area (Å²) in [5.74, 6) is -0.907. The molecule has 1 fully saturated rings. The van der Waals surface area contributed by atoms with Gasteiger partial charge < -0.3 is 14.7 Å². The van der Waals surface area contributed by atoms with Crippen LogP contribution in [0, 0.1) is 11.7 Å². The van der Waals surface area contributed by atoms with E-state index < -0.39 is 15.8 Å². The average molecular weight is 602 g/mol. The van der Waals surface area contributed by atoms with Gasteiger partial charge in [-0.25, -0.2) is 12.8 Å². The molecule has 43 heavy (non-hydrogen) atoms. The van der Waals surface area contributed by atoms with E-state index in [-0.39, 0.29) is 34.8 Å². The van der Waals surface area contributed by atoms with Crippen LogP contribution >= 0.6 is 0 Å². The molecule has 8 nitrogen and oxygen atoms in total. The lowest BCUT2D eigenvalue weighted by Crippen LogP contribution is -2.28. The first-order valence-corrected chi connectivity index (χ1v) is 16.0. The summed E-state index contributed by atoms with van der Waals surface area (Å²) in [5.41, 5.74) is 3.75. The highest BCUT2D eigenvalue weighted by Gasteiger charge is 2.33. The third kappa shape index (κ3) is 5.31. The van der Waals surface area contributed by atoms with Gasteiger partial charge in [0.1, 0.15) is 17.2 Å². The molecule has 222 valence electrons. The van der Waals surface area contributed by atoms with Crippen molar-refractivity contribution in [2.45, 2.75) is 31.6 Å². The summed E-state index contributed by atoms with van der Waals surface area (Å²) in [6.45, 7) is 0. The summed E-state index contributed by atoms with van der Waals surface area (Å²) in [4.78, 5) is 30.1. The number of H-pyrrole nitrogens is 1. The van der Waals surface area contributed by atoms with E-state index >= 15 is 0 Å². The zero-order valence-corrected chi connectivity index (χ0v) is 24.9. The highest BCUT2D eigenvalue weighted by atomic mass is 32.2. The van der Waals surface area contributed by atoms with Gasteiger partial charge in [0.05, 0.1) is 23.2 Å². The third-order valence-electron chi connectivity index (χ3n) is 8.51. The van der Waals surface area contributed by atoms with Crippen molar-refractivity contribution < 1.29 is 26.8 Å². The number of benzene rings is 3. The highest BCUT2D eigenvalue weighted by molar-refractivity contribution is 7.92. The van der Waals surface area contributed by atoms with Crippen molar-refractivity contribution in [1.29, 1.82) is 0 Å². The van der Waals surface area contributed by atoms with Crippen molar-refractivity contribution in [1.82, 2.24) is 10.3 Å². The second kappa shape index (κ2) is 11.0. The van der Waals surface area contributed by atoms with Gasteiger partial charge in [-0.15, -0.1) is 0 Å². The van der Waals surface area contributed by atoms with E-state index in [1.54, 1.807) is 6.07 Å². The van der Waals surface area contributed by atoms with Gasteiger partial charge >= 0.3 is 0 Å². The molecule has 5 aromatic rings. The van der Waals surface area contributed by atoms with E-state index in [0.717, 1.165) is 42.0 Å². The topological polar surface area (TPSA) is 112 Å². The van der Waals surface area contributed by atoms with E-state index in [1.807, 2.05) is 36.4 Å². The number of para-hydroxylation sites is 1. The lowest BCUT2D eigenvalue weighted by atomic mass is 9.75. The zero-order valence-electron chi connectivity index (χ0n) is 24.1. The number of amides is 1. The van der Waals surface area contributed by atoms with Crippen LogP contribution in [0.4, 0.5) is 10.1 Å². The van der Waals surface area contributed by atoms with Crippen LogP contribution in [0.2, 0.25) is 0 Å². The molecule has 1 aliphatic carbocycles. The maximum Gasteiger partial charge on any atom is 0.255 e. The molecule has 0 bridgehead atoms. The van der Waals surface area contributed by atoms with Crippen LogP contribution in [0.5, 0.6) is 0 Å². The van der Waals surface area contributed by atoms with Crippen LogP contribution < -0.4 is 9.62 Å². The number of hydrogen-bond donors (Lipinski definition) is 2. The maximum absolute atomic E-state index is 13.7. The molecule has 1 unspecified atom stereocenters. The number of ketones is 1. The van der Waals surface area contributed by atoms with Crippen molar-refractivity contribution in [3.8, 4) is 11.3 Å². The molecule has 2 heterocycles. The minimum absolute atomic E-state index is 0.0351. The van der Waals surface area contributed by atoms with Crippen molar-refractivity contribution in [2.75, 3.05) is 24.7 Å². The van der Waals surface area contributed by atoms with E-state index in [9.17, 15) is 22.4 Å². The van der Waals surface area contributed by atoms with Crippen LogP contribution in [0.3, 0.4) is 0 Å². The zero-order chi connectivity index (χ0) is 30.5. The molecule has 0 radical (unpaired) electrons. The van der Waals surface area contributed by atoms with Crippen molar-refractivity contribution in [3.05, 3.63) is 89.4 Å². The van der Waals surface area contributed by atoms with Gasteiger partial charge in [0, 0.05) is 47.9 Å². The Bertz CT molecular complexity index is 1940. The molecule has 6 rings (SSSR count). The Balaban J connectivity index is 1.46. The number of Topliss-reactive ketones (excluding diaryl/α,β-unsaturated/α-hetero) is 1. The first-order valence-electron chi connectivity index (χ1n) is 14.2. The monoisotopic (exact) mass is 601 g/mol. The number of carbonyl (C=O) groups excluding carboxylic acids is 2. The summed E-state index contributed by atoms with van der Waals surface area (Å²) >= 11 is 0. The number of aromatic nitrogens is 1. The van der Waals surface area contributed by atoms with Gasteiger partial charge in [-0.1, -0.05) is 24.6 Å². The Kier molecular flexibility index (Phi) is 7.33. The first-order chi connectivity index (χ1) is 20.5. The molecular formula is C33H32FN3O5S. The Morgan fingerprint density at radius 2 is 1.79 bits per heavy atom. The summed E-state index contributed by atoms with van der Waals surface area (Å²) in [5, 5.41) is 4.15. The summed E-state index contributed by atoms with van der Waals surface area (Å²) in [7, 11) is -0.653. The molecule has 2 aromatic heterocycles. The van der Waals surface area contributed by atoms with Crippen LogP contribution in [-0.2, 0) is 10.0 Å². The number of nitrogens with one attached hydrogen (secondary N) is 2. The standard InChI is InChI=1S/C33H32FN3O5S/c1-35-33(39)30-25-17-24(20-8-6-9-22(15-20)31(38)27-16-21-7-4-5-10-26(21)36-27)28(37(2)43(3,40)41)18-29(25)42-32(30)19-11-13-23(34)14-12-19/h4-5,7,10-14,16-18,20,22,36H,6,8-9,15H2,1-3H3,(H,35,39)/t20-,22?/m0/s1. The minimum atomic E-state index is -3.66. The van der Waals surface area contributed by atoms with Gasteiger partial charge in [0.2, 0.25) is 10.0 Å². The molecular weight excluding hydrogens is 569 g/mol. The van der Waals surface area contributed by atoms with Crippen LogP contribution in [0.15, 0.2) is 71.1 Å². The lowest BCUT2D eigenvalue weighted by molar-refractivity contribution is 0.0876. The fourth-order valence-corrected chi connectivity index (χ4v) is 6.73. The number of halogens is 1. The van der Waals surface area contributed by atoms with E-state index in [0.29, 0.717) is 34.3 Å². The van der Waals surface area contributed by atoms with Gasteiger partial charge in [-0.3, -0.25) is 13.9 Å². The van der Waals surface area contributed by atoms with Crippen LogP contribution in [0.1, 0.15) is 58.0 Å². The number of hydrogen-bond acceptors (Lipinski definition) is 5. The Morgan fingerprint density at radius 3 is 2.49 bits per heavy atom. The fourth-order valence-electron chi connectivity index (χ4n) is 6.22. The second-order valence-corrected chi connectivity index (χ2v) is 13.2. The normalized spacial score (nSPS) is 17.3. The fraction of sp³-hybridized carbons (Fsp3) is 0.273. The molecule has 0 saturated heterocycles. The summed E-state index contributed by atoms with van der Waals surface area (Å²) in [6.07, 6.45) is 3.93. The number of aromatic amines is 1. The van der Waals surface area contributed by atoms with E-state index in [1.165, 1.54) is 42.7 Å². The van der Waals surface area contributed by atoms with Crippen molar-refractivity contribution >= 4 is 49.3 Å². The molecule has 1 aliphatic rings. The summed E-state index contributed by atoms with van der Waals surface area (Å²) in [6, 6.07) is 18.8. The van der Waals surface area contributed by atoms with Gasteiger partial charge in [0.25, 0.3) is 5.91 Å². The average Bonchev–Trinajstić information content (AvgIpc) is 3.61. The molecule has 2 atom stereocenters. The number of rotatable bonds is 7. The summed E-state index contributed by atoms with van der Waals surface area (Å²) < 4.78 is 46.6. The predicted octanol–water partition coefficient (Wildman–Crippen LogP) is 6.63. The quantitative estimate of drug-likeness (QED) is 0.203. The Labute approximate surface area is 248 Å². The minimum Gasteiger partial charge on any atom is -0.455 e. The molecule has 3 aromatic carbocycles. The van der Waals surface area contributed by atoms with Crippen LogP contribution in [-0.4, -0.2) is 45.4 Å². The predicted molar refractivity (Wildman–Crippen MR) is 166 cm³/mol. The molecule has 1 saturated carbocycles. The molecule has 0 aliphatic heterocycles. The highest BCUT2D eigenvalue weighted by Crippen LogP contribution is 2.45. The Morgan fingerprint density at radius 1 is 1.05 bits per heavy atom. The van der Waals surface area contributed by atoms with Crippen LogP contribution in [0.25, 0.3) is 33.2 Å². The second-order valence-electron chi connectivity index (χ2n) is 11.2. The Hall–Kier alpha value is -4.44. The SMILES string of the molecule is CNC(=O)c1c(-c2ccc(F)cc2)oc2cc(N(C)S(C)(=O)=O)c([C@H]3CCCC(C(=O)c4cc5ccccc5[nH]4)C3)cc12. The molecule has 2 N–H and O–H groups in total. The van der Waals surface area contributed by atoms with Gasteiger partial charge in [0.15, 0.2) is 5.78 Å². The lowest BCUT2D eigenvalue weighted by Gasteiger charge is -2.31. The smallest absolute Gasteiger partial charge is 0.255 e. The van der Waals surface area contributed by atoms with E-state index in [2.05, 4.69) is 10.3 Å². The maximum atomic E-state index is 13.7. The first kappa shape index (κ1) is 28.7. The molecule has 10 heteroatoms. The van der Waals surface area contributed by atoms with Crippen molar-refractivity contribution in [2.24, 2.45) is 5.92 Å². The number of sulfonamides is 1. The number of furan rings is 1. The van der Waals surface area contributed by atoms with Crippen molar-refractivity contribution in [3.63, 3.8) is 0 Å². The largest absolute Gasteiger partial charge is 0.455 e. The molecule has 1 amide bonds. The number of fused-ring (bicyclic) bond motifs is 2. The number of anilines is 1. The van der Waals surface area contributed by atoms with Gasteiger partial charge in [-0.2, -0.15) is 0 Å².